The Hall–Kier alpha value is -1.70. The molecule has 1 saturated heterocycles. The number of benzene rings is 1. The number of aliphatic carboxylic acids is 1. The highest BCUT2D eigenvalue weighted by atomic mass is 32.2. The van der Waals surface area contributed by atoms with Gasteiger partial charge in [-0.25, -0.2) is 4.79 Å². The van der Waals surface area contributed by atoms with Crippen LogP contribution >= 0.6 is 11.8 Å². The molecule has 0 aromatic heterocycles. The van der Waals surface area contributed by atoms with Crippen LogP contribution in [0.1, 0.15) is 23.4 Å². The van der Waals surface area contributed by atoms with Crippen LogP contribution in [0, 0.1) is 0 Å². The van der Waals surface area contributed by atoms with Gasteiger partial charge in [0.2, 0.25) is 5.91 Å². The van der Waals surface area contributed by atoms with Crippen molar-refractivity contribution in [2.24, 2.45) is 0 Å². The minimum Gasteiger partial charge on any atom is -0.480 e. The first-order valence-electron chi connectivity index (χ1n) is 6.02. The van der Waals surface area contributed by atoms with E-state index in [1.54, 1.807) is 0 Å². The molecule has 2 rings (SSSR count). The Kier molecular flexibility index (Phi) is 4.18. The normalized spacial score (nSPS) is 22.4. The Morgan fingerprint density at radius 3 is 2.29 bits per heavy atom. The zero-order valence-corrected chi connectivity index (χ0v) is 11.7. The number of carbonyl (C=O) groups is 2. The third-order valence-electron chi connectivity index (χ3n) is 3.17. The van der Waals surface area contributed by atoms with Crippen LogP contribution in [0.15, 0.2) is 24.3 Å². The molecule has 0 aliphatic carbocycles. The van der Waals surface area contributed by atoms with Gasteiger partial charge in [-0.05, 0) is 17.7 Å². The molecule has 1 aliphatic rings. The predicted molar refractivity (Wildman–Crippen MR) is 70.6 cm³/mol. The molecular formula is C13H12F3NO3S. The summed E-state index contributed by atoms with van der Waals surface area (Å²) in [6, 6.07) is 3.46. The minimum absolute atomic E-state index is 0.209. The molecule has 0 unspecified atom stereocenters. The topological polar surface area (TPSA) is 57.6 Å². The summed E-state index contributed by atoms with van der Waals surface area (Å²) in [7, 11) is 0. The lowest BCUT2D eigenvalue weighted by molar-refractivity contribution is -0.148. The smallest absolute Gasteiger partial charge is 0.416 e. The van der Waals surface area contributed by atoms with Gasteiger partial charge in [0.05, 0.1) is 5.56 Å². The van der Waals surface area contributed by atoms with Crippen molar-refractivity contribution in [3.05, 3.63) is 35.4 Å². The highest BCUT2D eigenvalue weighted by molar-refractivity contribution is 7.99. The van der Waals surface area contributed by atoms with E-state index in [-0.39, 0.29) is 5.75 Å². The van der Waals surface area contributed by atoms with Crippen LogP contribution in [-0.4, -0.2) is 33.7 Å². The maximum absolute atomic E-state index is 12.5. The van der Waals surface area contributed by atoms with Gasteiger partial charge in [0, 0.05) is 12.7 Å². The zero-order chi connectivity index (χ0) is 15.8. The summed E-state index contributed by atoms with van der Waals surface area (Å²) in [5.74, 6) is -1.33. The molecular weight excluding hydrogens is 307 g/mol. The molecule has 1 amide bonds. The lowest BCUT2D eigenvalue weighted by Crippen LogP contribution is -2.41. The zero-order valence-electron chi connectivity index (χ0n) is 10.9. The van der Waals surface area contributed by atoms with Crippen LogP contribution in [0.5, 0.6) is 0 Å². The van der Waals surface area contributed by atoms with E-state index in [0.29, 0.717) is 5.56 Å². The van der Waals surface area contributed by atoms with Gasteiger partial charge in [-0.1, -0.05) is 12.1 Å². The number of nitrogens with zero attached hydrogens (tertiary/aromatic N) is 1. The standard InChI is InChI=1S/C13H12F3NO3S/c1-7(18)17-10(12(19)20)6-21-11(17)8-2-4-9(5-3-8)13(14,15)16/h2-5,10-11H,6H2,1H3,(H,19,20)/t10-,11+/m0/s1. The van der Waals surface area contributed by atoms with Crippen LogP contribution in [0.3, 0.4) is 0 Å². The Morgan fingerprint density at radius 1 is 1.29 bits per heavy atom. The van der Waals surface area contributed by atoms with Gasteiger partial charge in [-0.3, -0.25) is 4.79 Å². The summed E-state index contributed by atoms with van der Waals surface area (Å²) in [5, 5.41) is 8.51. The number of carboxylic acids is 1. The summed E-state index contributed by atoms with van der Waals surface area (Å²) in [5.41, 5.74) is -0.301. The van der Waals surface area contributed by atoms with E-state index in [1.165, 1.54) is 35.7 Å². The second-order valence-electron chi connectivity index (χ2n) is 4.59. The second kappa shape index (κ2) is 5.59. The van der Waals surface area contributed by atoms with E-state index in [0.717, 1.165) is 12.1 Å². The van der Waals surface area contributed by atoms with Crippen LogP contribution < -0.4 is 0 Å². The molecule has 1 N–H and O–H groups in total. The van der Waals surface area contributed by atoms with Crippen LogP contribution in [0.2, 0.25) is 0 Å². The molecule has 21 heavy (non-hydrogen) atoms. The highest BCUT2D eigenvalue weighted by Crippen LogP contribution is 2.42. The fraction of sp³-hybridized carbons (Fsp3) is 0.385. The van der Waals surface area contributed by atoms with Gasteiger partial charge in [0.1, 0.15) is 11.4 Å². The minimum atomic E-state index is -4.43. The third kappa shape index (κ3) is 3.15. The van der Waals surface area contributed by atoms with Gasteiger partial charge < -0.3 is 10.0 Å². The van der Waals surface area contributed by atoms with Gasteiger partial charge >= 0.3 is 12.1 Å². The molecule has 1 aromatic rings. The van der Waals surface area contributed by atoms with E-state index in [4.69, 9.17) is 5.11 Å². The van der Waals surface area contributed by atoms with Crippen molar-refractivity contribution in [2.75, 3.05) is 5.75 Å². The molecule has 8 heteroatoms. The van der Waals surface area contributed by atoms with Crippen molar-refractivity contribution in [3.63, 3.8) is 0 Å². The molecule has 0 bridgehead atoms. The molecule has 1 aliphatic heterocycles. The number of halogens is 3. The summed E-state index contributed by atoms with van der Waals surface area (Å²) < 4.78 is 37.6. The van der Waals surface area contributed by atoms with Gasteiger partial charge in [-0.15, -0.1) is 11.8 Å². The predicted octanol–water partition coefficient (Wildman–Crippen LogP) is 2.75. The van der Waals surface area contributed by atoms with Gasteiger partial charge in [0.25, 0.3) is 0 Å². The number of alkyl halides is 3. The fourth-order valence-corrected chi connectivity index (χ4v) is 3.65. The average molecular weight is 319 g/mol. The first-order chi connectivity index (χ1) is 9.71. The number of carboxylic acid groups (broad SMARTS) is 1. The monoisotopic (exact) mass is 319 g/mol. The molecule has 0 radical (unpaired) electrons. The molecule has 0 spiro atoms. The maximum Gasteiger partial charge on any atom is 0.416 e. The quantitative estimate of drug-likeness (QED) is 0.911. The van der Waals surface area contributed by atoms with Crippen LogP contribution in [0.4, 0.5) is 13.2 Å². The molecule has 4 nitrogen and oxygen atoms in total. The van der Waals surface area contributed by atoms with Crippen molar-refractivity contribution >= 4 is 23.6 Å². The highest BCUT2D eigenvalue weighted by Gasteiger charge is 2.41. The number of amides is 1. The Labute approximate surface area is 122 Å². The summed E-state index contributed by atoms with van der Waals surface area (Å²) >= 11 is 1.22. The van der Waals surface area contributed by atoms with Crippen molar-refractivity contribution in [1.29, 1.82) is 0 Å². The molecule has 1 heterocycles. The summed E-state index contributed by atoms with van der Waals surface area (Å²) in [6.07, 6.45) is -4.43. The van der Waals surface area contributed by atoms with E-state index >= 15 is 0 Å². The number of hydrogen-bond acceptors (Lipinski definition) is 3. The van der Waals surface area contributed by atoms with E-state index in [1.807, 2.05) is 0 Å². The largest absolute Gasteiger partial charge is 0.480 e. The van der Waals surface area contributed by atoms with Crippen molar-refractivity contribution in [3.8, 4) is 0 Å². The van der Waals surface area contributed by atoms with Crippen molar-refractivity contribution < 1.29 is 27.9 Å². The first kappa shape index (κ1) is 15.7. The lowest BCUT2D eigenvalue weighted by atomic mass is 10.1. The Balaban J connectivity index is 2.29. The van der Waals surface area contributed by atoms with E-state index in [9.17, 15) is 22.8 Å². The molecule has 1 aromatic carbocycles. The average Bonchev–Trinajstić information content (AvgIpc) is 2.82. The van der Waals surface area contributed by atoms with Crippen LogP contribution in [-0.2, 0) is 15.8 Å². The lowest BCUT2D eigenvalue weighted by Gasteiger charge is -2.26. The summed E-state index contributed by atoms with van der Waals surface area (Å²) in [6.45, 7) is 1.25. The summed E-state index contributed by atoms with van der Waals surface area (Å²) in [4.78, 5) is 24.0. The van der Waals surface area contributed by atoms with E-state index in [2.05, 4.69) is 0 Å². The van der Waals surface area contributed by atoms with Crippen molar-refractivity contribution in [1.82, 2.24) is 4.90 Å². The fourth-order valence-electron chi connectivity index (χ4n) is 2.17. The SMILES string of the molecule is CC(=O)N1[C@@H](c2ccc(C(F)(F)F)cc2)SC[C@H]1C(=O)O. The molecule has 114 valence electrons. The van der Waals surface area contributed by atoms with E-state index < -0.39 is 35.0 Å². The maximum atomic E-state index is 12.5. The molecule has 2 atom stereocenters. The molecule has 1 fully saturated rings. The van der Waals surface area contributed by atoms with Crippen LogP contribution in [0.25, 0.3) is 0 Å². The molecule has 0 saturated carbocycles. The number of hydrogen-bond donors (Lipinski definition) is 1. The van der Waals surface area contributed by atoms with Gasteiger partial charge in [-0.2, -0.15) is 13.2 Å². The van der Waals surface area contributed by atoms with Crippen molar-refractivity contribution in [2.45, 2.75) is 24.5 Å². The first-order valence-corrected chi connectivity index (χ1v) is 7.07. The third-order valence-corrected chi connectivity index (χ3v) is 4.50. The number of carbonyl (C=O) groups excluding carboxylic acids is 1. The number of rotatable bonds is 2. The Morgan fingerprint density at radius 2 is 1.86 bits per heavy atom. The second-order valence-corrected chi connectivity index (χ2v) is 5.70. The van der Waals surface area contributed by atoms with Gasteiger partial charge in [0.15, 0.2) is 0 Å². The Bertz CT molecular complexity index is 559. The number of thioether (sulfide) groups is 1.